The molecule has 2 aliphatic carbocycles. The molecule has 0 amide bonds. The van der Waals surface area contributed by atoms with Crippen LogP contribution < -0.4 is 5.32 Å². The second kappa shape index (κ2) is 6.75. The van der Waals surface area contributed by atoms with Crippen LogP contribution in [0.2, 0.25) is 0 Å². The molecule has 0 heterocycles. The van der Waals surface area contributed by atoms with E-state index in [1.165, 1.54) is 58.0 Å². The van der Waals surface area contributed by atoms with E-state index in [4.69, 9.17) is 0 Å². The van der Waals surface area contributed by atoms with Gasteiger partial charge in [-0.1, -0.05) is 25.7 Å². The van der Waals surface area contributed by atoms with Crippen LogP contribution in [0.25, 0.3) is 0 Å². The number of nitrogens with one attached hydrogen (secondary N) is 1. The fourth-order valence-corrected chi connectivity index (χ4v) is 3.76. The fraction of sp³-hybridized carbons (Fsp3) is 1.00. The summed E-state index contributed by atoms with van der Waals surface area (Å²) in [4.78, 5) is 2.25. The van der Waals surface area contributed by atoms with Crippen molar-refractivity contribution in [3.05, 3.63) is 0 Å². The standard InChI is InChI=1S/C15H30N2/c1-17(2)10-9-16-12-13-7-8-14-5-3-4-6-15(14)11-13/h13-16H,3-12H2,1-2H3. The first-order chi connectivity index (χ1) is 8.25. The smallest absolute Gasteiger partial charge is 0.0101 e. The summed E-state index contributed by atoms with van der Waals surface area (Å²) in [7, 11) is 4.30. The van der Waals surface area contributed by atoms with Crippen LogP contribution >= 0.6 is 0 Å². The highest BCUT2D eigenvalue weighted by molar-refractivity contribution is 4.83. The number of hydrogen-bond donors (Lipinski definition) is 1. The van der Waals surface area contributed by atoms with Crippen molar-refractivity contribution in [2.75, 3.05) is 33.7 Å². The summed E-state index contributed by atoms with van der Waals surface area (Å²) in [6.45, 7) is 3.58. The molecule has 2 heteroatoms. The Balaban J connectivity index is 1.62. The zero-order valence-electron chi connectivity index (χ0n) is 11.8. The maximum atomic E-state index is 3.64. The van der Waals surface area contributed by atoms with Gasteiger partial charge in [-0.15, -0.1) is 0 Å². The topological polar surface area (TPSA) is 15.3 Å². The zero-order valence-corrected chi connectivity index (χ0v) is 11.8. The lowest BCUT2D eigenvalue weighted by Crippen LogP contribution is -2.35. The maximum Gasteiger partial charge on any atom is 0.0101 e. The number of hydrogen-bond acceptors (Lipinski definition) is 2. The van der Waals surface area contributed by atoms with Gasteiger partial charge >= 0.3 is 0 Å². The molecule has 2 saturated carbocycles. The molecule has 0 spiro atoms. The van der Waals surface area contributed by atoms with Gasteiger partial charge in [0.15, 0.2) is 0 Å². The third-order valence-electron chi connectivity index (χ3n) is 4.82. The van der Waals surface area contributed by atoms with Gasteiger partial charge in [0.25, 0.3) is 0 Å². The minimum atomic E-state index is 0.969. The van der Waals surface area contributed by atoms with Crippen molar-refractivity contribution >= 4 is 0 Å². The minimum Gasteiger partial charge on any atom is -0.315 e. The van der Waals surface area contributed by atoms with Gasteiger partial charge in [-0.3, -0.25) is 0 Å². The summed E-state index contributed by atoms with van der Waals surface area (Å²) in [5.41, 5.74) is 0. The molecule has 2 rings (SSSR count). The molecule has 0 radical (unpaired) electrons. The molecule has 2 fully saturated rings. The molecule has 0 aliphatic heterocycles. The molecule has 100 valence electrons. The zero-order chi connectivity index (χ0) is 12.1. The van der Waals surface area contributed by atoms with Crippen LogP contribution in [0.1, 0.15) is 44.9 Å². The highest BCUT2D eigenvalue weighted by Crippen LogP contribution is 2.42. The van der Waals surface area contributed by atoms with E-state index in [0.29, 0.717) is 0 Å². The van der Waals surface area contributed by atoms with E-state index in [1.54, 1.807) is 0 Å². The van der Waals surface area contributed by atoms with Crippen molar-refractivity contribution < 1.29 is 0 Å². The summed E-state index contributed by atoms with van der Waals surface area (Å²) in [5.74, 6) is 3.15. The molecule has 3 atom stereocenters. The first kappa shape index (κ1) is 13.4. The van der Waals surface area contributed by atoms with Gasteiger partial charge in [0.05, 0.1) is 0 Å². The van der Waals surface area contributed by atoms with E-state index in [-0.39, 0.29) is 0 Å². The molecule has 0 aromatic carbocycles. The number of likely N-dealkylation sites (N-methyl/N-ethyl adjacent to an activating group) is 1. The normalized spacial score (nSPS) is 33.7. The van der Waals surface area contributed by atoms with Gasteiger partial charge in [-0.2, -0.15) is 0 Å². The number of fused-ring (bicyclic) bond motifs is 1. The van der Waals surface area contributed by atoms with Crippen LogP contribution in [0.4, 0.5) is 0 Å². The summed E-state index contributed by atoms with van der Waals surface area (Å²) < 4.78 is 0. The van der Waals surface area contributed by atoms with E-state index >= 15 is 0 Å². The van der Waals surface area contributed by atoms with Gasteiger partial charge in [-0.25, -0.2) is 0 Å². The summed E-state index contributed by atoms with van der Waals surface area (Å²) in [6, 6.07) is 0. The Kier molecular flexibility index (Phi) is 5.30. The third-order valence-corrected chi connectivity index (χ3v) is 4.82. The van der Waals surface area contributed by atoms with Crippen molar-refractivity contribution in [1.29, 1.82) is 0 Å². The monoisotopic (exact) mass is 238 g/mol. The Morgan fingerprint density at radius 3 is 2.53 bits per heavy atom. The SMILES string of the molecule is CN(C)CCNCC1CCC2CCCCC2C1. The third kappa shape index (κ3) is 4.26. The Morgan fingerprint density at radius 2 is 1.76 bits per heavy atom. The number of rotatable bonds is 5. The largest absolute Gasteiger partial charge is 0.315 e. The van der Waals surface area contributed by atoms with Crippen LogP contribution in [0.3, 0.4) is 0 Å². The van der Waals surface area contributed by atoms with Crippen molar-refractivity contribution in [1.82, 2.24) is 10.2 Å². The predicted molar refractivity (Wildman–Crippen MR) is 74.2 cm³/mol. The lowest BCUT2D eigenvalue weighted by atomic mass is 9.67. The second-order valence-electron chi connectivity index (χ2n) is 6.49. The van der Waals surface area contributed by atoms with Gasteiger partial charge in [-0.05, 0) is 57.7 Å². The molecular formula is C15H30N2. The quantitative estimate of drug-likeness (QED) is 0.741. The number of nitrogens with zero attached hydrogens (tertiary/aromatic N) is 1. The molecule has 0 aromatic heterocycles. The Hall–Kier alpha value is -0.0800. The van der Waals surface area contributed by atoms with Crippen LogP contribution in [0.15, 0.2) is 0 Å². The summed E-state index contributed by atoms with van der Waals surface area (Å²) in [5, 5.41) is 3.64. The van der Waals surface area contributed by atoms with Crippen LogP contribution in [0, 0.1) is 17.8 Å². The first-order valence-electron chi connectivity index (χ1n) is 7.61. The Labute approximate surface area is 107 Å². The van der Waals surface area contributed by atoms with Crippen molar-refractivity contribution in [2.24, 2.45) is 17.8 Å². The van der Waals surface area contributed by atoms with E-state index < -0.39 is 0 Å². The molecule has 3 unspecified atom stereocenters. The molecule has 0 bridgehead atoms. The molecule has 17 heavy (non-hydrogen) atoms. The molecular weight excluding hydrogens is 208 g/mol. The first-order valence-corrected chi connectivity index (χ1v) is 7.61. The highest BCUT2D eigenvalue weighted by Gasteiger charge is 2.31. The molecule has 2 nitrogen and oxygen atoms in total. The van der Waals surface area contributed by atoms with Crippen molar-refractivity contribution in [3.63, 3.8) is 0 Å². The van der Waals surface area contributed by atoms with Gasteiger partial charge in [0.2, 0.25) is 0 Å². The fourth-order valence-electron chi connectivity index (χ4n) is 3.76. The average molecular weight is 238 g/mol. The van der Waals surface area contributed by atoms with Gasteiger partial charge in [0.1, 0.15) is 0 Å². The second-order valence-corrected chi connectivity index (χ2v) is 6.49. The summed E-state index contributed by atoms with van der Waals surface area (Å²) in [6.07, 6.45) is 10.6. The van der Waals surface area contributed by atoms with Crippen LogP contribution in [0.5, 0.6) is 0 Å². The maximum absolute atomic E-state index is 3.64. The highest BCUT2D eigenvalue weighted by atomic mass is 15.1. The van der Waals surface area contributed by atoms with Crippen LogP contribution in [-0.4, -0.2) is 38.6 Å². The minimum absolute atomic E-state index is 0.969. The summed E-state index contributed by atoms with van der Waals surface area (Å²) >= 11 is 0. The molecule has 2 aliphatic rings. The van der Waals surface area contributed by atoms with Crippen LogP contribution in [-0.2, 0) is 0 Å². The van der Waals surface area contributed by atoms with E-state index in [1.807, 2.05) is 0 Å². The molecule has 0 saturated heterocycles. The van der Waals surface area contributed by atoms with Gasteiger partial charge < -0.3 is 10.2 Å². The van der Waals surface area contributed by atoms with E-state index in [2.05, 4.69) is 24.3 Å². The Morgan fingerprint density at radius 1 is 1.00 bits per heavy atom. The molecule has 1 N–H and O–H groups in total. The molecule has 0 aromatic rings. The lowest BCUT2D eigenvalue weighted by molar-refractivity contribution is 0.128. The average Bonchev–Trinajstić information content (AvgIpc) is 2.34. The van der Waals surface area contributed by atoms with E-state index in [9.17, 15) is 0 Å². The van der Waals surface area contributed by atoms with Crippen molar-refractivity contribution in [2.45, 2.75) is 44.9 Å². The Bertz CT molecular complexity index is 215. The van der Waals surface area contributed by atoms with E-state index in [0.717, 1.165) is 24.3 Å². The van der Waals surface area contributed by atoms with Gasteiger partial charge in [0, 0.05) is 13.1 Å². The lowest BCUT2D eigenvalue weighted by Gasteiger charge is -2.39. The predicted octanol–water partition coefficient (Wildman–Crippen LogP) is 2.74. The van der Waals surface area contributed by atoms with Crippen molar-refractivity contribution in [3.8, 4) is 0 Å².